The molecule has 0 aromatic heterocycles. The van der Waals surface area contributed by atoms with Gasteiger partial charge in [-0.25, -0.2) is 0 Å². The second-order valence-corrected chi connectivity index (χ2v) is 7.20. The van der Waals surface area contributed by atoms with E-state index in [-0.39, 0.29) is 5.91 Å². The maximum atomic E-state index is 11.9. The third-order valence-corrected chi connectivity index (χ3v) is 4.94. The zero-order chi connectivity index (χ0) is 16.8. The van der Waals surface area contributed by atoms with Crippen molar-refractivity contribution in [2.45, 2.75) is 58.0 Å². The standard InChI is InChI=1S/C20H30N2O2/c1-2-24-19-7-3-5-17(13-19)15-22-12-4-6-16(14-22)8-11-20(23)21-18-9-10-18/h3,5,7,13,16,18H,2,4,6,8-12,14-15H2,1H3,(H,21,23)/t16-/m1/s1. The third kappa shape index (κ3) is 5.52. The van der Waals surface area contributed by atoms with Crippen LogP contribution in [0.1, 0.15) is 51.0 Å². The zero-order valence-corrected chi connectivity index (χ0v) is 14.8. The molecular weight excluding hydrogens is 300 g/mol. The van der Waals surface area contributed by atoms with E-state index >= 15 is 0 Å². The Balaban J connectivity index is 1.44. The van der Waals surface area contributed by atoms with Gasteiger partial charge in [0, 0.05) is 25.6 Å². The topological polar surface area (TPSA) is 41.6 Å². The zero-order valence-electron chi connectivity index (χ0n) is 14.8. The van der Waals surface area contributed by atoms with Crippen molar-refractivity contribution < 1.29 is 9.53 Å². The summed E-state index contributed by atoms with van der Waals surface area (Å²) in [6.07, 6.45) is 6.54. The van der Waals surface area contributed by atoms with E-state index < -0.39 is 0 Å². The van der Waals surface area contributed by atoms with E-state index in [0.717, 1.165) is 31.8 Å². The van der Waals surface area contributed by atoms with Gasteiger partial charge in [-0.2, -0.15) is 0 Å². The Morgan fingerprint density at radius 2 is 2.21 bits per heavy atom. The van der Waals surface area contributed by atoms with Crippen molar-refractivity contribution in [3.8, 4) is 5.75 Å². The van der Waals surface area contributed by atoms with Gasteiger partial charge in [-0.1, -0.05) is 12.1 Å². The van der Waals surface area contributed by atoms with Crippen LogP contribution in [0.25, 0.3) is 0 Å². The molecule has 4 nitrogen and oxygen atoms in total. The minimum atomic E-state index is 0.249. The number of hydrogen-bond acceptors (Lipinski definition) is 3. The lowest BCUT2D eigenvalue weighted by Crippen LogP contribution is -2.35. The summed E-state index contributed by atoms with van der Waals surface area (Å²) in [5, 5.41) is 3.10. The number of carbonyl (C=O) groups excluding carboxylic acids is 1. The quantitative estimate of drug-likeness (QED) is 0.795. The highest BCUT2D eigenvalue weighted by Gasteiger charge is 2.24. The number of rotatable bonds is 8. The fourth-order valence-corrected chi connectivity index (χ4v) is 3.55. The van der Waals surface area contributed by atoms with Crippen LogP contribution in [-0.4, -0.2) is 36.5 Å². The Morgan fingerprint density at radius 3 is 3.00 bits per heavy atom. The number of ether oxygens (including phenoxy) is 1. The first-order chi connectivity index (χ1) is 11.7. The molecule has 132 valence electrons. The molecule has 4 heteroatoms. The molecule has 0 unspecified atom stereocenters. The van der Waals surface area contributed by atoms with Gasteiger partial charge >= 0.3 is 0 Å². The second-order valence-electron chi connectivity index (χ2n) is 7.20. The summed E-state index contributed by atoms with van der Waals surface area (Å²) in [6.45, 7) is 5.96. The molecule has 0 bridgehead atoms. The number of likely N-dealkylation sites (tertiary alicyclic amines) is 1. The highest BCUT2D eigenvalue weighted by molar-refractivity contribution is 5.76. The van der Waals surface area contributed by atoms with Crippen molar-refractivity contribution in [2.75, 3.05) is 19.7 Å². The molecule has 1 amide bonds. The second kappa shape index (κ2) is 8.52. The van der Waals surface area contributed by atoms with E-state index in [9.17, 15) is 4.79 Å². The molecule has 0 radical (unpaired) electrons. The smallest absolute Gasteiger partial charge is 0.220 e. The van der Waals surface area contributed by atoms with E-state index in [1.807, 2.05) is 13.0 Å². The van der Waals surface area contributed by atoms with Crippen molar-refractivity contribution in [3.05, 3.63) is 29.8 Å². The van der Waals surface area contributed by atoms with Crippen molar-refractivity contribution in [3.63, 3.8) is 0 Å². The van der Waals surface area contributed by atoms with E-state index in [0.29, 0.717) is 25.0 Å². The number of amides is 1. The average molecular weight is 330 g/mol. The number of nitrogens with one attached hydrogen (secondary N) is 1. The van der Waals surface area contributed by atoms with Gasteiger partial charge in [0.15, 0.2) is 0 Å². The van der Waals surface area contributed by atoms with Crippen molar-refractivity contribution >= 4 is 5.91 Å². The molecule has 3 rings (SSSR count). The summed E-state index contributed by atoms with van der Waals surface area (Å²) >= 11 is 0. The van der Waals surface area contributed by atoms with Crippen LogP contribution >= 0.6 is 0 Å². The molecule has 24 heavy (non-hydrogen) atoms. The molecule has 1 aliphatic heterocycles. The maximum absolute atomic E-state index is 11.9. The van der Waals surface area contributed by atoms with Crippen molar-refractivity contribution in [1.82, 2.24) is 10.2 Å². The highest BCUT2D eigenvalue weighted by atomic mass is 16.5. The lowest BCUT2D eigenvalue weighted by Gasteiger charge is -2.32. The summed E-state index contributed by atoms with van der Waals surface area (Å²) in [5.74, 6) is 1.86. The third-order valence-electron chi connectivity index (χ3n) is 4.94. The largest absolute Gasteiger partial charge is 0.494 e. The molecule has 1 aromatic carbocycles. The number of carbonyl (C=O) groups is 1. The van der Waals surface area contributed by atoms with E-state index in [1.54, 1.807) is 0 Å². The molecule has 0 spiro atoms. The summed E-state index contributed by atoms with van der Waals surface area (Å²) < 4.78 is 5.60. The van der Waals surface area contributed by atoms with E-state index in [2.05, 4.69) is 28.4 Å². The summed E-state index contributed by atoms with van der Waals surface area (Å²) in [7, 11) is 0. The number of hydrogen-bond donors (Lipinski definition) is 1. The lowest BCUT2D eigenvalue weighted by molar-refractivity contribution is -0.121. The Labute approximate surface area is 145 Å². The Morgan fingerprint density at radius 1 is 1.33 bits per heavy atom. The Hall–Kier alpha value is -1.55. The first-order valence-electron chi connectivity index (χ1n) is 9.46. The van der Waals surface area contributed by atoms with Crippen LogP contribution in [-0.2, 0) is 11.3 Å². The lowest BCUT2D eigenvalue weighted by atomic mass is 9.93. The van der Waals surface area contributed by atoms with Crippen molar-refractivity contribution in [1.29, 1.82) is 0 Å². The van der Waals surface area contributed by atoms with Gasteiger partial charge in [0.2, 0.25) is 5.91 Å². The maximum Gasteiger partial charge on any atom is 0.220 e. The fraction of sp³-hybridized carbons (Fsp3) is 0.650. The van der Waals surface area contributed by atoms with Gasteiger partial charge in [-0.3, -0.25) is 9.69 Å². The summed E-state index contributed by atoms with van der Waals surface area (Å²) in [4.78, 5) is 14.4. The number of piperidine rings is 1. The van der Waals surface area contributed by atoms with Gasteiger partial charge in [-0.15, -0.1) is 0 Å². The minimum absolute atomic E-state index is 0.249. The molecular formula is C20H30N2O2. The van der Waals surface area contributed by atoms with Crippen LogP contribution < -0.4 is 10.1 Å². The van der Waals surface area contributed by atoms with Crippen LogP contribution in [0, 0.1) is 5.92 Å². The van der Waals surface area contributed by atoms with E-state index in [1.165, 1.54) is 31.2 Å². The average Bonchev–Trinajstić information content (AvgIpc) is 3.38. The molecule has 1 heterocycles. The van der Waals surface area contributed by atoms with E-state index in [4.69, 9.17) is 4.74 Å². The molecule has 2 fully saturated rings. The molecule has 1 aromatic rings. The van der Waals surface area contributed by atoms with Gasteiger partial charge in [-0.05, 0) is 69.2 Å². The molecule has 1 saturated carbocycles. The Bertz CT molecular complexity index is 542. The summed E-state index contributed by atoms with van der Waals surface area (Å²) in [5.41, 5.74) is 1.31. The van der Waals surface area contributed by atoms with Crippen LogP contribution in [0.15, 0.2) is 24.3 Å². The van der Waals surface area contributed by atoms with Crippen molar-refractivity contribution in [2.24, 2.45) is 5.92 Å². The molecule has 2 aliphatic rings. The van der Waals surface area contributed by atoms with Gasteiger partial charge < -0.3 is 10.1 Å². The SMILES string of the molecule is CCOc1cccc(CN2CCC[C@H](CCC(=O)NC3CC3)C2)c1. The predicted molar refractivity (Wildman–Crippen MR) is 96.0 cm³/mol. The molecule has 1 aliphatic carbocycles. The molecule has 1 N–H and O–H groups in total. The van der Waals surface area contributed by atoms with Gasteiger partial charge in [0.05, 0.1) is 6.61 Å². The van der Waals surface area contributed by atoms with Crippen LogP contribution in [0.4, 0.5) is 0 Å². The molecule has 1 atom stereocenters. The fourth-order valence-electron chi connectivity index (χ4n) is 3.55. The first kappa shape index (κ1) is 17.3. The summed E-state index contributed by atoms with van der Waals surface area (Å²) in [6, 6.07) is 8.90. The van der Waals surface area contributed by atoms with Crippen LogP contribution in [0.5, 0.6) is 5.75 Å². The van der Waals surface area contributed by atoms with Gasteiger partial charge in [0.1, 0.15) is 5.75 Å². The monoisotopic (exact) mass is 330 g/mol. The number of benzene rings is 1. The highest BCUT2D eigenvalue weighted by Crippen LogP contribution is 2.24. The van der Waals surface area contributed by atoms with Crippen LogP contribution in [0.2, 0.25) is 0 Å². The van der Waals surface area contributed by atoms with Crippen LogP contribution in [0.3, 0.4) is 0 Å². The minimum Gasteiger partial charge on any atom is -0.494 e. The number of nitrogens with zero attached hydrogens (tertiary/aromatic N) is 1. The normalized spacial score (nSPS) is 21.5. The first-order valence-corrected chi connectivity index (χ1v) is 9.46. The Kier molecular flexibility index (Phi) is 6.13. The molecule has 1 saturated heterocycles. The predicted octanol–water partition coefficient (Wildman–Crippen LogP) is 3.36. The van der Waals surface area contributed by atoms with Gasteiger partial charge in [0.25, 0.3) is 0 Å².